The van der Waals surface area contributed by atoms with Gasteiger partial charge >= 0.3 is 18.0 Å². The molecule has 3 aromatic rings. The average molecular weight is 394 g/mol. The van der Waals surface area contributed by atoms with Gasteiger partial charge < -0.3 is 15.1 Å². The predicted octanol–water partition coefficient (Wildman–Crippen LogP) is 4.28. The summed E-state index contributed by atoms with van der Waals surface area (Å²) >= 11 is 1.50. The Morgan fingerprint density at radius 2 is 1.85 bits per heavy atom. The molecule has 0 spiro atoms. The molecule has 140 valence electrons. The van der Waals surface area contributed by atoms with Crippen molar-refractivity contribution in [3.05, 3.63) is 65.2 Å². The molecule has 0 bridgehead atoms. The van der Waals surface area contributed by atoms with E-state index in [-0.39, 0.29) is 12.2 Å². The monoisotopic (exact) mass is 394 g/mol. The standard InChI is InChI=1S/C18H13F3N2O3S/c19-18(20,21)11-3-1-4-12(9-11)23-17(25)16(24)22-10-13-6-7-14(26-13)15-5-2-8-27-15/h1-9H,10H2,(H,22,24)(H,23,25). The minimum Gasteiger partial charge on any atom is -0.458 e. The van der Waals surface area contributed by atoms with Gasteiger partial charge in [-0.1, -0.05) is 12.1 Å². The van der Waals surface area contributed by atoms with Crippen LogP contribution in [0.15, 0.2) is 58.3 Å². The van der Waals surface area contributed by atoms with Crippen molar-refractivity contribution in [1.29, 1.82) is 0 Å². The molecule has 2 aromatic heterocycles. The molecule has 9 heteroatoms. The molecule has 2 N–H and O–H groups in total. The molecule has 0 fully saturated rings. The minimum atomic E-state index is -4.54. The number of carbonyl (C=O) groups excluding carboxylic acids is 2. The van der Waals surface area contributed by atoms with Crippen LogP contribution in [0.2, 0.25) is 0 Å². The third-order valence-electron chi connectivity index (χ3n) is 3.50. The Hall–Kier alpha value is -3.07. The van der Waals surface area contributed by atoms with Crippen LogP contribution in [0.3, 0.4) is 0 Å². The topological polar surface area (TPSA) is 71.3 Å². The molecular weight excluding hydrogens is 381 g/mol. The lowest BCUT2D eigenvalue weighted by Gasteiger charge is -2.09. The van der Waals surface area contributed by atoms with Gasteiger partial charge in [0.2, 0.25) is 0 Å². The highest BCUT2D eigenvalue weighted by atomic mass is 32.1. The number of carbonyl (C=O) groups is 2. The van der Waals surface area contributed by atoms with Crippen LogP contribution in [-0.4, -0.2) is 11.8 Å². The van der Waals surface area contributed by atoms with E-state index in [9.17, 15) is 22.8 Å². The Labute approximate surface area is 155 Å². The Morgan fingerprint density at radius 1 is 1.04 bits per heavy atom. The third-order valence-corrected chi connectivity index (χ3v) is 4.39. The van der Waals surface area contributed by atoms with Gasteiger partial charge in [-0.2, -0.15) is 13.2 Å². The maximum Gasteiger partial charge on any atom is 0.416 e. The largest absolute Gasteiger partial charge is 0.458 e. The average Bonchev–Trinajstić information content (AvgIpc) is 3.30. The third kappa shape index (κ3) is 4.76. The maximum atomic E-state index is 12.7. The molecule has 0 aliphatic carbocycles. The first-order valence-electron chi connectivity index (χ1n) is 7.72. The van der Waals surface area contributed by atoms with E-state index < -0.39 is 23.6 Å². The first-order valence-corrected chi connectivity index (χ1v) is 8.60. The number of alkyl halides is 3. The van der Waals surface area contributed by atoms with Crippen LogP contribution in [0, 0.1) is 0 Å². The molecule has 0 aliphatic rings. The molecule has 2 heterocycles. The molecule has 0 unspecified atom stereocenters. The maximum absolute atomic E-state index is 12.7. The molecular formula is C18H13F3N2O3S. The van der Waals surface area contributed by atoms with Crippen molar-refractivity contribution in [1.82, 2.24) is 5.32 Å². The number of thiophene rings is 1. The molecule has 2 amide bonds. The van der Waals surface area contributed by atoms with Crippen molar-refractivity contribution < 1.29 is 27.2 Å². The number of nitrogens with one attached hydrogen (secondary N) is 2. The Bertz CT molecular complexity index is 949. The van der Waals surface area contributed by atoms with Crippen molar-refractivity contribution >= 4 is 28.8 Å². The van der Waals surface area contributed by atoms with Gasteiger partial charge in [0, 0.05) is 5.69 Å². The number of hydrogen-bond acceptors (Lipinski definition) is 4. The van der Waals surface area contributed by atoms with E-state index in [1.807, 2.05) is 17.5 Å². The van der Waals surface area contributed by atoms with Gasteiger partial charge in [-0.15, -0.1) is 11.3 Å². The number of rotatable bonds is 4. The molecule has 5 nitrogen and oxygen atoms in total. The second-order valence-corrected chi connectivity index (χ2v) is 6.41. The summed E-state index contributed by atoms with van der Waals surface area (Å²) < 4.78 is 43.6. The zero-order valence-corrected chi connectivity index (χ0v) is 14.5. The van der Waals surface area contributed by atoms with Crippen molar-refractivity contribution in [2.24, 2.45) is 0 Å². The van der Waals surface area contributed by atoms with Gasteiger partial charge in [-0.05, 0) is 41.8 Å². The Morgan fingerprint density at radius 3 is 2.56 bits per heavy atom. The van der Waals surface area contributed by atoms with Gasteiger partial charge in [0.25, 0.3) is 0 Å². The van der Waals surface area contributed by atoms with E-state index in [0.717, 1.165) is 23.1 Å². The molecule has 0 aliphatic heterocycles. The van der Waals surface area contributed by atoms with Gasteiger partial charge in [-0.3, -0.25) is 9.59 Å². The van der Waals surface area contributed by atoms with Crippen LogP contribution in [-0.2, 0) is 22.3 Å². The zero-order valence-electron chi connectivity index (χ0n) is 13.7. The van der Waals surface area contributed by atoms with E-state index in [1.54, 1.807) is 12.1 Å². The van der Waals surface area contributed by atoms with Gasteiger partial charge in [0.1, 0.15) is 11.5 Å². The lowest BCUT2D eigenvalue weighted by Crippen LogP contribution is -2.34. The van der Waals surface area contributed by atoms with Gasteiger partial charge in [-0.25, -0.2) is 0 Å². The highest BCUT2D eigenvalue weighted by Gasteiger charge is 2.30. The number of hydrogen-bond donors (Lipinski definition) is 2. The van der Waals surface area contributed by atoms with E-state index in [0.29, 0.717) is 11.5 Å². The summed E-state index contributed by atoms with van der Waals surface area (Å²) in [7, 11) is 0. The summed E-state index contributed by atoms with van der Waals surface area (Å²) in [5.41, 5.74) is -1.04. The smallest absolute Gasteiger partial charge is 0.416 e. The summed E-state index contributed by atoms with van der Waals surface area (Å²) in [4.78, 5) is 24.6. The molecule has 0 saturated carbocycles. The highest BCUT2D eigenvalue weighted by Crippen LogP contribution is 2.30. The van der Waals surface area contributed by atoms with E-state index >= 15 is 0 Å². The van der Waals surface area contributed by atoms with Gasteiger partial charge in [0.15, 0.2) is 0 Å². The molecule has 3 rings (SSSR count). The first kappa shape index (κ1) is 18.7. The number of benzene rings is 1. The number of furan rings is 1. The van der Waals surface area contributed by atoms with Crippen molar-refractivity contribution in [2.75, 3.05) is 5.32 Å². The van der Waals surface area contributed by atoms with E-state index in [1.165, 1.54) is 17.4 Å². The van der Waals surface area contributed by atoms with E-state index in [2.05, 4.69) is 10.6 Å². The quantitative estimate of drug-likeness (QED) is 0.649. The fourth-order valence-electron chi connectivity index (χ4n) is 2.23. The molecule has 27 heavy (non-hydrogen) atoms. The normalized spacial score (nSPS) is 11.2. The summed E-state index contributed by atoms with van der Waals surface area (Å²) in [6, 6.07) is 11.2. The Kier molecular flexibility index (Phi) is 5.31. The lowest BCUT2D eigenvalue weighted by molar-refractivity contribution is -0.137. The van der Waals surface area contributed by atoms with Crippen molar-refractivity contribution in [3.63, 3.8) is 0 Å². The predicted molar refractivity (Wildman–Crippen MR) is 93.9 cm³/mol. The molecule has 1 aromatic carbocycles. The highest BCUT2D eigenvalue weighted by molar-refractivity contribution is 7.13. The van der Waals surface area contributed by atoms with Crippen molar-refractivity contribution in [3.8, 4) is 10.6 Å². The van der Waals surface area contributed by atoms with Crippen LogP contribution < -0.4 is 10.6 Å². The summed E-state index contributed by atoms with van der Waals surface area (Å²) in [5.74, 6) is -0.970. The minimum absolute atomic E-state index is 0.0276. The summed E-state index contributed by atoms with van der Waals surface area (Å²) in [6.45, 7) is -0.0276. The van der Waals surface area contributed by atoms with Crippen LogP contribution >= 0.6 is 11.3 Å². The fraction of sp³-hybridized carbons (Fsp3) is 0.111. The van der Waals surface area contributed by atoms with Gasteiger partial charge in [0.05, 0.1) is 17.0 Å². The first-order chi connectivity index (χ1) is 12.8. The number of amides is 2. The second kappa shape index (κ2) is 7.67. The van der Waals surface area contributed by atoms with Crippen LogP contribution in [0.1, 0.15) is 11.3 Å². The SMILES string of the molecule is O=C(NCc1ccc(-c2cccs2)o1)C(=O)Nc1cccc(C(F)(F)F)c1. The molecule has 0 radical (unpaired) electrons. The number of halogens is 3. The lowest BCUT2D eigenvalue weighted by atomic mass is 10.2. The molecule has 0 atom stereocenters. The Balaban J connectivity index is 1.56. The van der Waals surface area contributed by atoms with E-state index in [4.69, 9.17) is 4.42 Å². The summed E-state index contributed by atoms with van der Waals surface area (Å²) in [5, 5.41) is 6.40. The van der Waals surface area contributed by atoms with Crippen LogP contribution in [0.4, 0.5) is 18.9 Å². The van der Waals surface area contributed by atoms with Crippen LogP contribution in [0.5, 0.6) is 0 Å². The fourth-order valence-corrected chi connectivity index (χ4v) is 2.92. The van der Waals surface area contributed by atoms with Crippen molar-refractivity contribution in [2.45, 2.75) is 12.7 Å². The molecule has 0 saturated heterocycles. The second-order valence-electron chi connectivity index (χ2n) is 5.46. The van der Waals surface area contributed by atoms with Crippen LogP contribution in [0.25, 0.3) is 10.6 Å². The zero-order chi connectivity index (χ0) is 19.4. The number of anilines is 1. The summed E-state index contributed by atoms with van der Waals surface area (Å²) in [6.07, 6.45) is -4.54.